The van der Waals surface area contributed by atoms with Crippen LogP contribution < -0.4 is 0 Å². The van der Waals surface area contributed by atoms with Gasteiger partial charge in [0, 0.05) is 0 Å². The Morgan fingerprint density at radius 1 is 0.0870 bits per heavy atom. The Labute approximate surface area is 685 Å². The summed E-state index contributed by atoms with van der Waals surface area (Å²) in [6, 6.07) is 0. The van der Waals surface area contributed by atoms with Gasteiger partial charge in [-0.25, -0.2) is 0 Å². The monoisotopic (exact) mass is 871 g/mol. The van der Waals surface area contributed by atoms with E-state index >= 15 is 0 Å². The Bertz CT molecular complexity index is 23.0. The minimum absolute atomic E-state index is 0. The van der Waals surface area contributed by atoms with E-state index in [1.165, 1.54) is 0 Å². The van der Waals surface area contributed by atoms with E-state index in [1.54, 1.807) is 0 Å². The molecule has 0 aliphatic heterocycles. The van der Waals surface area contributed by atoms with Crippen LogP contribution in [0.2, 0.25) is 0 Å². The SMILES string of the molecule is Cl.Cl.Cl.Cl.Cl.Cl.Cl.Cl.Cl.Cl.Cl.Cl.[KH].[KH].[KH].[KH].[KH].[KH].[KH].[KH].[KH].[KH].[KH]. The van der Waals surface area contributed by atoms with E-state index in [1.807, 2.05) is 0 Å². The molecule has 0 nitrogen and oxygen atoms in total. The molecule has 23 heteroatoms. The molecule has 0 N–H and O–H groups in total. The number of halogens is 12. The van der Waals surface area contributed by atoms with Gasteiger partial charge in [0.1, 0.15) is 0 Å². The third-order valence-corrected chi connectivity index (χ3v) is 0. The summed E-state index contributed by atoms with van der Waals surface area (Å²) in [6.45, 7) is 0. The molecule has 0 unspecified atom stereocenters. The second kappa shape index (κ2) is 170. The van der Waals surface area contributed by atoms with Crippen molar-refractivity contribution >= 4 is 714 Å². The summed E-state index contributed by atoms with van der Waals surface area (Å²) in [5.74, 6) is 0. The van der Waals surface area contributed by atoms with Crippen molar-refractivity contribution in [3.05, 3.63) is 0 Å². The summed E-state index contributed by atoms with van der Waals surface area (Å²) in [6.07, 6.45) is 0. The Morgan fingerprint density at radius 3 is 0.0870 bits per heavy atom. The molecule has 0 spiro atoms. The van der Waals surface area contributed by atoms with E-state index in [0.717, 1.165) is 0 Å². The van der Waals surface area contributed by atoms with Gasteiger partial charge in [0.05, 0.1) is 0 Å². The molecular weight excluding hydrogens is 856 g/mol. The molecule has 0 fully saturated rings. The summed E-state index contributed by atoms with van der Waals surface area (Å²) in [5.41, 5.74) is 0. The predicted molar refractivity (Wildman–Crippen MR) is 166 cm³/mol. The zero-order chi connectivity index (χ0) is 0. The van der Waals surface area contributed by atoms with Crippen molar-refractivity contribution in [2.45, 2.75) is 0 Å². The van der Waals surface area contributed by atoms with Crippen LogP contribution in [0.1, 0.15) is 0 Å². The fraction of sp³-hybridized carbons (Fsp3) is 0. The standard InChI is InChI=1S/12ClH.11K.11H/h12*1H;;;;;;;;;;;;;;;;;;;;;;. The van der Waals surface area contributed by atoms with Gasteiger partial charge in [0.25, 0.3) is 0 Å². The first-order valence-electron chi connectivity index (χ1n) is 0. The molecule has 0 aromatic carbocycles. The Balaban J connectivity index is 0. The molecule has 0 amide bonds. The summed E-state index contributed by atoms with van der Waals surface area (Å²) in [5, 5.41) is 0. The van der Waals surface area contributed by atoms with Crippen molar-refractivity contribution in [3.63, 3.8) is 0 Å². The number of hydrogen-bond acceptors (Lipinski definition) is 0. The van der Waals surface area contributed by atoms with Crippen LogP contribution in [-0.2, 0) is 0 Å². The molecule has 0 saturated carbocycles. The van der Waals surface area contributed by atoms with E-state index in [9.17, 15) is 0 Å². The first-order valence-corrected chi connectivity index (χ1v) is 0. The molecule has 0 heterocycles. The Hall–Kier alpha value is 21.5. The number of hydrogen-bond donors (Lipinski definition) is 0. The predicted octanol–water partition coefficient (Wildman–Crippen LogP) is -2.07. The first-order chi connectivity index (χ1) is 0. The summed E-state index contributed by atoms with van der Waals surface area (Å²) >= 11 is 0. The van der Waals surface area contributed by atoms with Gasteiger partial charge in [-0.2, -0.15) is 0 Å². The van der Waals surface area contributed by atoms with Crippen LogP contribution in [0.15, 0.2) is 0 Å². The van der Waals surface area contributed by atoms with Crippen LogP contribution in [0.3, 0.4) is 0 Å². The van der Waals surface area contributed by atoms with Gasteiger partial charge >= 0.3 is 565 Å². The van der Waals surface area contributed by atoms with Gasteiger partial charge in [-0.1, -0.05) is 0 Å². The summed E-state index contributed by atoms with van der Waals surface area (Å²) in [7, 11) is 0. The molecule has 0 aromatic heterocycles. The van der Waals surface area contributed by atoms with Gasteiger partial charge < -0.3 is 0 Å². The molecule has 0 atom stereocenters. The number of rotatable bonds is 0. The van der Waals surface area contributed by atoms with Crippen molar-refractivity contribution < 1.29 is 0 Å². The minimum atomic E-state index is 0. The molecule has 0 saturated heterocycles. The summed E-state index contributed by atoms with van der Waals surface area (Å²) in [4.78, 5) is 0. The maximum atomic E-state index is 0. The van der Waals surface area contributed by atoms with Gasteiger partial charge in [0.2, 0.25) is 0 Å². The van der Waals surface area contributed by atoms with Gasteiger partial charge in [-0.05, 0) is 0 Å². The second-order valence-electron chi connectivity index (χ2n) is 0. The van der Waals surface area contributed by atoms with Crippen molar-refractivity contribution in [3.8, 4) is 0 Å². The average Bonchev–Trinajstić information content (AvgIpc) is 0. The van der Waals surface area contributed by atoms with Gasteiger partial charge in [-0.3, -0.25) is 0 Å². The van der Waals surface area contributed by atoms with Crippen LogP contribution in [-0.4, -0.2) is 565 Å². The molecular formula is H23Cl12K11. The van der Waals surface area contributed by atoms with Crippen LogP contribution in [0.25, 0.3) is 0 Å². The van der Waals surface area contributed by atoms with E-state index in [-0.39, 0.29) is 714 Å². The third kappa shape index (κ3) is 162. The van der Waals surface area contributed by atoms with Crippen LogP contribution >= 0.6 is 149 Å². The van der Waals surface area contributed by atoms with Crippen LogP contribution in [0, 0.1) is 0 Å². The van der Waals surface area contributed by atoms with Gasteiger partial charge in [0.15, 0.2) is 0 Å². The van der Waals surface area contributed by atoms with Gasteiger partial charge in [-0.15, -0.1) is 149 Å². The third-order valence-electron chi connectivity index (χ3n) is 0. The van der Waals surface area contributed by atoms with Crippen molar-refractivity contribution in [2.24, 2.45) is 0 Å². The molecule has 0 aliphatic rings. The molecule has 0 radical (unpaired) electrons. The zero-order valence-electron chi connectivity index (χ0n) is 4.90. The molecule has 0 aromatic rings. The second-order valence-corrected chi connectivity index (χ2v) is 0. The fourth-order valence-electron chi connectivity index (χ4n) is 0. The molecule has 0 bridgehead atoms. The average molecular weight is 879 g/mol. The van der Waals surface area contributed by atoms with E-state index in [0.29, 0.717) is 0 Å². The molecule has 0 aliphatic carbocycles. The molecule has 118 valence electrons. The zero-order valence-corrected chi connectivity index (χ0v) is 14.7. The topological polar surface area (TPSA) is 0 Å². The first kappa shape index (κ1) is 182. The van der Waals surface area contributed by atoms with Crippen molar-refractivity contribution in [1.82, 2.24) is 0 Å². The van der Waals surface area contributed by atoms with Crippen molar-refractivity contribution in [2.75, 3.05) is 0 Å². The fourth-order valence-corrected chi connectivity index (χ4v) is 0. The van der Waals surface area contributed by atoms with E-state index < -0.39 is 0 Å². The summed E-state index contributed by atoms with van der Waals surface area (Å²) < 4.78 is 0. The Kier molecular flexibility index (Phi) is 1350. The quantitative estimate of drug-likeness (QED) is 0.246. The van der Waals surface area contributed by atoms with Crippen molar-refractivity contribution in [1.29, 1.82) is 0 Å². The normalized spacial score (nSPS) is 0. The molecule has 23 heavy (non-hydrogen) atoms. The molecule has 0 rings (SSSR count). The van der Waals surface area contributed by atoms with Crippen LogP contribution in [0.4, 0.5) is 0 Å². The Morgan fingerprint density at radius 2 is 0.0870 bits per heavy atom. The van der Waals surface area contributed by atoms with Crippen LogP contribution in [0.5, 0.6) is 0 Å². The van der Waals surface area contributed by atoms with E-state index in [4.69, 9.17) is 0 Å². The van der Waals surface area contributed by atoms with E-state index in [2.05, 4.69) is 0 Å². The maximum absolute atomic E-state index is 0.